The molecule has 0 fully saturated rings. The van der Waals surface area contributed by atoms with E-state index in [9.17, 15) is 9.59 Å². The van der Waals surface area contributed by atoms with Crippen LogP contribution in [0.25, 0.3) is 33.0 Å². The van der Waals surface area contributed by atoms with Gasteiger partial charge in [0.05, 0.1) is 16.7 Å². The Morgan fingerprint density at radius 2 is 1.74 bits per heavy atom. The van der Waals surface area contributed by atoms with E-state index in [0.717, 1.165) is 58.0 Å². The summed E-state index contributed by atoms with van der Waals surface area (Å²) in [6.07, 6.45) is 5.54. The summed E-state index contributed by atoms with van der Waals surface area (Å²) in [6.45, 7) is 2.81. The van der Waals surface area contributed by atoms with Gasteiger partial charge in [0.2, 0.25) is 0 Å². The number of para-hydroxylation sites is 1. The first-order valence-electron chi connectivity index (χ1n) is 11.6. The summed E-state index contributed by atoms with van der Waals surface area (Å²) in [4.78, 5) is 31.6. The average Bonchev–Trinajstić information content (AvgIpc) is 3.49. The standard InChI is InChI=1S/C27H29N5O2/c1-4-16(28)12-13-32-15-19(23-21(31(2)3)10-7-11-22(23)32)25-24(26(33)30-27(25)34)18-14-29-20-9-6-5-8-17(18)20/h5-11,14-16,29H,4,12-13,28H2,1-3H3,(H,30,33,34). The highest BCUT2D eigenvalue weighted by molar-refractivity contribution is 6.51. The smallest absolute Gasteiger partial charge is 0.259 e. The number of nitrogens with two attached hydrogens (primary N) is 1. The number of fused-ring (bicyclic) bond motifs is 2. The first kappa shape index (κ1) is 22.0. The first-order chi connectivity index (χ1) is 16.4. The van der Waals surface area contributed by atoms with Crippen molar-refractivity contribution in [2.75, 3.05) is 19.0 Å². The van der Waals surface area contributed by atoms with Crippen molar-refractivity contribution in [1.29, 1.82) is 0 Å². The molecule has 1 aliphatic rings. The molecule has 7 heteroatoms. The number of amides is 2. The Morgan fingerprint density at radius 3 is 2.47 bits per heavy atom. The molecule has 1 atom stereocenters. The van der Waals surface area contributed by atoms with Crippen molar-refractivity contribution in [1.82, 2.24) is 14.9 Å². The van der Waals surface area contributed by atoms with Gasteiger partial charge in [0.1, 0.15) is 0 Å². The van der Waals surface area contributed by atoms with Crippen LogP contribution in [0.3, 0.4) is 0 Å². The van der Waals surface area contributed by atoms with Crippen LogP contribution in [0.15, 0.2) is 54.9 Å². The maximum Gasteiger partial charge on any atom is 0.259 e. The number of aromatic nitrogens is 2. The van der Waals surface area contributed by atoms with Gasteiger partial charge < -0.3 is 20.2 Å². The predicted molar refractivity (Wildman–Crippen MR) is 137 cm³/mol. The van der Waals surface area contributed by atoms with Crippen molar-refractivity contribution in [3.8, 4) is 0 Å². The van der Waals surface area contributed by atoms with E-state index < -0.39 is 0 Å². The van der Waals surface area contributed by atoms with E-state index >= 15 is 0 Å². The summed E-state index contributed by atoms with van der Waals surface area (Å²) < 4.78 is 2.16. The van der Waals surface area contributed by atoms with Crippen molar-refractivity contribution < 1.29 is 9.59 Å². The molecule has 0 saturated carbocycles. The predicted octanol–water partition coefficient (Wildman–Crippen LogP) is 3.88. The highest BCUT2D eigenvalue weighted by atomic mass is 16.2. The third-order valence-electron chi connectivity index (χ3n) is 6.69. The monoisotopic (exact) mass is 455 g/mol. The van der Waals surface area contributed by atoms with Gasteiger partial charge in [0, 0.05) is 72.2 Å². The van der Waals surface area contributed by atoms with Gasteiger partial charge in [0.15, 0.2) is 0 Å². The molecular weight excluding hydrogens is 426 g/mol. The molecule has 2 aromatic heterocycles. The lowest BCUT2D eigenvalue weighted by Gasteiger charge is -2.16. The molecule has 0 saturated heterocycles. The number of H-pyrrole nitrogens is 1. The van der Waals surface area contributed by atoms with Crippen LogP contribution in [-0.2, 0) is 16.1 Å². The van der Waals surface area contributed by atoms with Crippen molar-refractivity contribution >= 4 is 50.5 Å². The molecule has 4 aromatic rings. The van der Waals surface area contributed by atoms with Crippen LogP contribution in [0.1, 0.15) is 30.9 Å². The quantitative estimate of drug-likeness (QED) is 0.369. The molecule has 7 nitrogen and oxygen atoms in total. The number of nitrogens with one attached hydrogen (secondary N) is 2. The van der Waals surface area contributed by atoms with Crippen molar-refractivity contribution in [3.63, 3.8) is 0 Å². The topological polar surface area (TPSA) is 96.1 Å². The molecular formula is C27H29N5O2. The van der Waals surface area contributed by atoms with Crippen molar-refractivity contribution in [2.24, 2.45) is 5.73 Å². The molecule has 1 unspecified atom stereocenters. The number of imide groups is 1. The molecule has 4 N–H and O–H groups in total. The van der Waals surface area contributed by atoms with Gasteiger partial charge in [-0.25, -0.2) is 0 Å². The summed E-state index contributed by atoms with van der Waals surface area (Å²) in [7, 11) is 3.97. The van der Waals surface area contributed by atoms with E-state index in [4.69, 9.17) is 5.73 Å². The minimum Gasteiger partial charge on any atom is -0.377 e. The molecule has 0 bridgehead atoms. The van der Waals surface area contributed by atoms with Gasteiger partial charge in [-0.05, 0) is 31.0 Å². The maximum atomic E-state index is 13.2. The van der Waals surface area contributed by atoms with E-state index in [0.29, 0.717) is 11.1 Å². The van der Waals surface area contributed by atoms with Gasteiger partial charge in [-0.1, -0.05) is 31.2 Å². The van der Waals surface area contributed by atoms with Crippen LogP contribution in [0.5, 0.6) is 0 Å². The molecule has 2 aromatic carbocycles. The van der Waals surface area contributed by atoms with Crippen LogP contribution in [0.2, 0.25) is 0 Å². The molecule has 0 aliphatic carbocycles. The Kier molecular flexibility index (Phi) is 5.49. The van der Waals surface area contributed by atoms with E-state index in [1.54, 1.807) is 0 Å². The zero-order valence-corrected chi connectivity index (χ0v) is 19.7. The number of rotatable bonds is 7. The average molecular weight is 456 g/mol. The second-order valence-electron chi connectivity index (χ2n) is 9.04. The van der Waals surface area contributed by atoms with E-state index in [-0.39, 0.29) is 17.9 Å². The molecule has 0 spiro atoms. The lowest BCUT2D eigenvalue weighted by molar-refractivity contribution is -0.122. The molecule has 174 valence electrons. The number of hydrogen-bond acceptors (Lipinski definition) is 4. The number of aromatic amines is 1. The summed E-state index contributed by atoms with van der Waals surface area (Å²) >= 11 is 0. The van der Waals surface area contributed by atoms with Crippen molar-refractivity contribution in [2.45, 2.75) is 32.4 Å². The summed E-state index contributed by atoms with van der Waals surface area (Å²) in [5.41, 5.74) is 11.4. The van der Waals surface area contributed by atoms with Crippen LogP contribution < -0.4 is 16.0 Å². The highest BCUT2D eigenvalue weighted by Crippen LogP contribution is 2.41. The number of benzene rings is 2. The molecule has 3 heterocycles. The Bertz CT molecular complexity index is 1460. The molecule has 34 heavy (non-hydrogen) atoms. The second-order valence-corrected chi connectivity index (χ2v) is 9.04. The summed E-state index contributed by atoms with van der Waals surface area (Å²) in [6, 6.07) is 14.0. The number of carbonyl (C=O) groups excluding carboxylic acids is 2. The molecule has 0 radical (unpaired) electrons. The van der Waals surface area contributed by atoms with Crippen LogP contribution in [0, 0.1) is 0 Å². The normalized spacial score (nSPS) is 14.9. The number of hydrogen-bond donors (Lipinski definition) is 3. The SMILES string of the molecule is CCC(N)CCn1cc(C2=C(c3c[nH]c4ccccc34)C(=O)NC2=O)c2c(N(C)C)cccc21. The largest absolute Gasteiger partial charge is 0.377 e. The van der Waals surface area contributed by atoms with Crippen LogP contribution in [0.4, 0.5) is 5.69 Å². The van der Waals surface area contributed by atoms with Gasteiger partial charge in [-0.15, -0.1) is 0 Å². The van der Waals surface area contributed by atoms with E-state index in [1.807, 2.05) is 67.8 Å². The Morgan fingerprint density at radius 1 is 1.00 bits per heavy atom. The summed E-state index contributed by atoms with van der Waals surface area (Å²) in [5.74, 6) is -0.746. The molecule has 5 rings (SSSR count). The third-order valence-corrected chi connectivity index (χ3v) is 6.69. The Labute approximate surface area is 198 Å². The van der Waals surface area contributed by atoms with Crippen LogP contribution in [-0.4, -0.2) is 41.5 Å². The fourth-order valence-electron chi connectivity index (χ4n) is 4.84. The lowest BCUT2D eigenvalue weighted by atomic mass is 9.95. The van der Waals surface area contributed by atoms with Gasteiger partial charge in [0.25, 0.3) is 11.8 Å². The zero-order valence-electron chi connectivity index (χ0n) is 19.7. The van der Waals surface area contributed by atoms with Crippen molar-refractivity contribution in [3.05, 3.63) is 66.0 Å². The highest BCUT2D eigenvalue weighted by Gasteiger charge is 2.35. The van der Waals surface area contributed by atoms with Gasteiger partial charge in [-0.2, -0.15) is 0 Å². The third kappa shape index (κ3) is 3.49. The Balaban J connectivity index is 1.79. The lowest BCUT2D eigenvalue weighted by Crippen LogP contribution is -2.22. The van der Waals surface area contributed by atoms with E-state index in [1.165, 1.54) is 0 Å². The molecule has 1 aliphatic heterocycles. The fraction of sp³-hybridized carbons (Fsp3) is 0.259. The van der Waals surface area contributed by atoms with Gasteiger partial charge >= 0.3 is 0 Å². The van der Waals surface area contributed by atoms with E-state index in [2.05, 4.69) is 27.9 Å². The number of aryl methyl sites for hydroxylation is 1. The molecule has 2 amide bonds. The maximum absolute atomic E-state index is 13.2. The number of anilines is 1. The van der Waals surface area contributed by atoms with Crippen LogP contribution >= 0.6 is 0 Å². The fourth-order valence-corrected chi connectivity index (χ4v) is 4.84. The summed E-state index contributed by atoms with van der Waals surface area (Å²) in [5, 5.41) is 4.40. The number of nitrogens with zero attached hydrogens (tertiary/aromatic N) is 2. The second kappa shape index (κ2) is 8.50. The zero-order chi connectivity index (χ0) is 24.0. The first-order valence-corrected chi connectivity index (χ1v) is 11.6. The van der Waals surface area contributed by atoms with Gasteiger partial charge in [-0.3, -0.25) is 14.9 Å². The minimum absolute atomic E-state index is 0.107. The Hall–Kier alpha value is -3.84. The minimum atomic E-state index is -0.374. The number of carbonyl (C=O) groups is 2.